The van der Waals surface area contributed by atoms with Gasteiger partial charge in [0.05, 0.1) is 16.9 Å². The van der Waals surface area contributed by atoms with Crippen molar-refractivity contribution in [3.05, 3.63) is 0 Å². The molecule has 1 fully saturated rings. The first kappa shape index (κ1) is 9.10. The van der Waals surface area contributed by atoms with Crippen molar-refractivity contribution < 1.29 is 9.90 Å². The molecule has 0 bridgehead atoms. The third-order valence-corrected chi connectivity index (χ3v) is 2.52. The Bertz CT molecular complexity index is 165. The van der Waals surface area contributed by atoms with Gasteiger partial charge < -0.3 is 5.11 Å². The van der Waals surface area contributed by atoms with Gasteiger partial charge in [-0.1, -0.05) is 0 Å². The first-order valence-electron chi connectivity index (χ1n) is 3.38. The van der Waals surface area contributed by atoms with Crippen LogP contribution in [-0.4, -0.2) is 22.1 Å². The molecule has 0 aromatic heterocycles. The number of halogens is 2. The zero-order valence-corrected chi connectivity index (χ0v) is 7.27. The summed E-state index contributed by atoms with van der Waals surface area (Å²) in [7, 11) is 0. The lowest BCUT2D eigenvalue weighted by Crippen LogP contribution is -2.44. The number of carboxylic acids is 1. The molecule has 2 N–H and O–H groups in total. The standard InChI is InChI=1S/C6H9Cl2NO2/c7-4-2-1-3(6(10)11)5(8)9-4/h3-5,9H,1-2H2,(H,10,11). The Kier molecular flexibility index (Phi) is 2.98. The molecule has 3 atom stereocenters. The lowest BCUT2D eigenvalue weighted by Gasteiger charge is -2.28. The van der Waals surface area contributed by atoms with Crippen LogP contribution in [-0.2, 0) is 4.79 Å². The second-order valence-electron chi connectivity index (χ2n) is 2.56. The van der Waals surface area contributed by atoms with Gasteiger partial charge >= 0.3 is 5.97 Å². The van der Waals surface area contributed by atoms with Gasteiger partial charge in [0, 0.05) is 0 Å². The Morgan fingerprint density at radius 1 is 1.45 bits per heavy atom. The van der Waals surface area contributed by atoms with Gasteiger partial charge in [-0.2, -0.15) is 0 Å². The molecule has 0 saturated carbocycles. The first-order chi connectivity index (χ1) is 5.11. The summed E-state index contributed by atoms with van der Waals surface area (Å²) in [5, 5.41) is 11.4. The summed E-state index contributed by atoms with van der Waals surface area (Å²) in [6.07, 6.45) is 1.20. The Hall–Kier alpha value is 0.01000. The van der Waals surface area contributed by atoms with Crippen LogP contribution in [0.5, 0.6) is 0 Å². The molecule has 0 aliphatic carbocycles. The van der Waals surface area contributed by atoms with E-state index in [4.69, 9.17) is 28.3 Å². The molecule has 11 heavy (non-hydrogen) atoms. The molecule has 1 aliphatic heterocycles. The fourth-order valence-electron chi connectivity index (χ4n) is 1.09. The van der Waals surface area contributed by atoms with E-state index in [2.05, 4.69) is 5.32 Å². The highest BCUT2D eigenvalue weighted by Gasteiger charge is 2.32. The second-order valence-corrected chi connectivity index (χ2v) is 3.56. The lowest BCUT2D eigenvalue weighted by atomic mass is 10.00. The fourth-order valence-corrected chi connectivity index (χ4v) is 1.81. The molecule has 0 radical (unpaired) electrons. The van der Waals surface area contributed by atoms with Crippen LogP contribution in [0.2, 0.25) is 0 Å². The van der Waals surface area contributed by atoms with Gasteiger partial charge in [0.15, 0.2) is 0 Å². The molecule has 1 aliphatic rings. The van der Waals surface area contributed by atoms with Gasteiger partial charge in [-0.15, -0.1) is 23.2 Å². The van der Waals surface area contributed by atoms with Gasteiger partial charge in [0.2, 0.25) is 0 Å². The largest absolute Gasteiger partial charge is 0.481 e. The molecule has 0 aromatic carbocycles. The van der Waals surface area contributed by atoms with Crippen LogP contribution in [0.4, 0.5) is 0 Å². The van der Waals surface area contributed by atoms with Gasteiger partial charge in [-0.3, -0.25) is 10.1 Å². The minimum atomic E-state index is -0.860. The van der Waals surface area contributed by atoms with Crippen molar-refractivity contribution in [2.24, 2.45) is 5.92 Å². The van der Waals surface area contributed by atoms with Gasteiger partial charge in [-0.05, 0) is 12.8 Å². The summed E-state index contributed by atoms with van der Waals surface area (Å²) in [5.41, 5.74) is -0.725. The summed E-state index contributed by atoms with van der Waals surface area (Å²) in [6.45, 7) is 0. The van der Waals surface area contributed by atoms with Crippen LogP contribution in [0.15, 0.2) is 0 Å². The Labute approximate surface area is 74.7 Å². The number of rotatable bonds is 1. The number of hydrogen-bond acceptors (Lipinski definition) is 2. The van der Waals surface area contributed by atoms with Crippen LogP contribution < -0.4 is 5.32 Å². The smallest absolute Gasteiger partial charge is 0.309 e. The topological polar surface area (TPSA) is 49.3 Å². The van der Waals surface area contributed by atoms with E-state index in [0.29, 0.717) is 12.8 Å². The van der Waals surface area contributed by atoms with Crippen molar-refractivity contribution in [2.45, 2.75) is 23.8 Å². The molecule has 0 aromatic rings. The normalized spacial score (nSPS) is 38.5. The van der Waals surface area contributed by atoms with E-state index >= 15 is 0 Å². The molecule has 64 valence electrons. The monoisotopic (exact) mass is 197 g/mol. The Balaban J connectivity index is 2.50. The highest BCUT2D eigenvalue weighted by molar-refractivity contribution is 6.24. The maximum absolute atomic E-state index is 10.5. The number of carbonyl (C=O) groups is 1. The number of alkyl halides is 2. The van der Waals surface area contributed by atoms with Crippen LogP contribution >= 0.6 is 23.2 Å². The molecule has 0 amide bonds. The lowest BCUT2D eigenvalue weighted by molar-refractivity contribution is -0.142. The van der Waals surface area contributed by atoms with E-state index < -0.39 is 17.4 Å². The SMILES string of the molecule is O=C(O)C1CCC(Cl)NC1Cl. The number of hydrogen-bond donors (Lipinski definition) is 2. The van der Waals surface area contributed by atoms with Gasteiger partial charge in [0.1, 0.15) is 0 Å². The molecule has 5 heteroatoms. The van der Waals surface area contributed by atoms with Gasteiger partial charge in [0.25, 0.3) is 0 Å². The minimum Gasteiger partial charge on any atom is -0.481 e. The maximum atomic E-state index is 10.5. The van der Waals surface area contributed by atoms with E-state index in [1.807, 2.05) is 0 Å². The van der Waals surface area contributed by atoms with Gasteiger partial charge in [-0.25, -0.2) is 0 Å². The number of carboxylic acid groups (broad SMARTS) is 1. The minimum absolute atomic E-state index is 0.187. The zero-order valence-electron chi connectivity index (χ0n) is 5.76. The van der Waals surface area contributed by atoms with Crippen molar-refractivity contribution in [1.29, 1.82) is 0 Å². The van der Waals surface area contributed by atoms with Crippen molar-refractivity contribution in [3.63, 3.8) is 0 Å². The van der Waals surface area contributed by atoms with Crippen molar-refractivity contribution in [1.82, 2.24) is 5.32 Å². The molecule has 1 rings (SSSR count). The number of piperidine rings is 1. The third kappa shape index (κ3) is 2.22. The second kappa shape index (κ2) is 3.61. The summed E-state index contributed by atoms with van der Waals surface area (Å²) in [5.74, 6) is -1.37. The molecule has 0 spiro atoms. The van der Waals surface area contributed by atoms with Crippen LogP contribution in [0.25, 0.3) is 0 Å². The molecular weight excluding hydrogens is 189 g/mol. The Morgan fingerprint density at radius 3 is 2.55 bits per heavy atom. The highest BCUT2D eigenvalue weighted by atomic mass is 35.5. The number of aliphatic carboxylic acids is 1. The van der Waals surface area contributed by atoms with Crippen LogP contribution in [0.3, 0.4) is 0 Å². The van der Waals surface area contributed by atoms with Crippen molar-refractivity contribution in [2.75, 3.05) is 0 Å². The predicted molar refractivity (Wildman–Crippen MR) is 42.8 cm³/mol. The quantitative estimate of drug-likeness (QED) is 0.491. The summed E-state index contributed by atoms with van der Waals surface area (Å²) in [6, 6.07) is 0. The third-order valence-electron chi connectivity index (χ3n) is 1.74. The van der Waals surface area contributed by atoms with Crippen molar-refractivity contribution in [3.8, 4) is 0 Å². The summed E-state index contributed by atoms with van der Waals surface area (Å²) in [4.78, 5) is 10.5. The Morgan fingerprint density at radius 2 is 2.09 bits per heavy atom. The highest BCUT2D eigenvalue weighted by Crippen LogP contribution is 2.23. The molecule has 1 heterocycles. The average Bonchev–Trinajstić information content (AvgIpc) is 1.85. The first-order valence-corrected chi connectivity index (χ1v) is 4.25. The average molecular weight is 198 g/mol. The molecule has 1 saturated heterocycles. The maximum Gasteiger partial charge on any atom is 0.309 e. The molecular formula is C6H9Cl2NO2. The summed E-state index contributed by atoms with van der Waals surface area (Å²) >= 11 is 11.4. The van der Waals surface area contributed by atoms with Crippen LogP contribution in [0.1, 0.15) is 12.8 Å². The molecule has 3 nitrogen and oxygen atoms in total. The predicted octanol–water partition coefficient (Wildman–Crippen LogP) is 1.20. The van der Waals surface area contributed by atoms with E-state index in [1.54, 1.807) is 0 Å². The van der Waals surface area contributed by atoms with Crippen LogP contribution in [0, 0.1) is 5.92 Å². The van der Waals surface area contributed by atoms with E-state index in [1.165, 1.54) is 0 Å². The zero-order chi connectivity index (χ0) is 8.43. The van der Waals surface area contributed by atoms with E-state index in [0.717, 1.165) is 0 Å². The van der Waals surface area contributed by atoms with Crippen molar-refractivity contribution >= 4 is 29.2 Å². The fraction of sp³-hybridized carbons (Fsp3) is 0.833. The molecule has 3 unspecified atom stereocenters. The van der Waals surface area contributed by atoms with E-state index in [9.17, 15) is 4.79 Å². The summed E-state index contributed by atoms with van der Waals surface area (Å²) < 4.78 is 0. The number of nitrogens with one attached hydrogen (secondary N) is 1. The van der Waals surface area contributed by atoms with E-state index in [-0.39, 0.29) is 5.50 Å².